The van der Waals surface area contributed by atoms with Gasteiger partial charge in [-0.05, 0) is 30.0 Å². The third kappa shape index (κ3) is 2.36. The number of hydrogen-bond acceptors (Lipinski definition) is 3. The molecule has 1 aromatic rings. The van der Waals surface area contributed by atoms with Crippen LogP contribution in [0.25, 0.3) is 0 Å². The average molecular weight is 328 g/mol. The molecule has 0 spiro atoms. The van der Waals surface area contributed by atoms with E-state index in [1.165, 1.54) is 11.1 Å². The van der Waals surface area contributed by atoms with E-state index in [9.17, 15) is 0 Å². The second-order valence-corrected chi connectivity index (χ2v) is 6.44. The molecule has 3 nitrogen and oxygen atoms in total. The molecule has 0 fully saturated rings. The second kappa shape index (κ2) is 5.33. The van der Waals surface area contributed by atoms with Crippen LogP contribution >= 0.6 is 15.9 Å². The summed E-state index contributed by atoms with van der Waals surface area (Å²) in [5.74, 6) is 1.64. The van der Waals surface area contributed by atoms with Crippen molar-refractivity contribution in [2.75, 3.05) is 20.8 Å². The van der Waals surface area contributed by atoms with Gasteiger partial charge in [-0.15, -0.1) is 0 Å². The van der Waals surface area contributed by atoms with Crippen LogP contribution in [0.4, 0.5) is 0 Å². The number of rotatable bonds is 4. The van der Waals surface area contributed by atoms with Gasteiger partial charge in [-0.1, -0.05) is 36.7 Å². The van der Waals surface area contributed by atoms with E-state index in [2.05, 4.69) is 42.0 Å². The molecule has 0 heterocycles. The molecule has 4 heteroatoms. The third-order valence-electron chi connectivity index (χ3n) is 3.85. The maximum atomic E-state index is 5.62. The van der Waals surface area contributed by atoms with Gasteiger partial charge in [-0.3, -0.25) is 0 Å². The molecule has 1 unspecified atom stereocenters. The summed E-state index contributed by atoms with van der Waals surface area (Å²) in [6, 6.07) is 2.32. The monoisotopic (exact) mass is 327 g/mol. The smallest absolute Gasteiger partial charge is 0.165 e. The fourth-order valence-electron chi connectivity index (χ4n) is 3.15. The molecule has 0 saturated heterocycles. The van der Waals surface area contributed by atoms with E-state index < -0.39 is 0 Å². The standard InChI is InChI=1S/C15H22BrNO2/c1-6-17-10-8-15(2,3)13-9(16)7-11(18-4)14(19-5)12(10)13/h7,10,17H,6,8H2,1-5H3. The number of fused-ring (bicyclic) bond motifs is 1. The third-order valence-corrected chi connectivity index (χ3v) is 4.47. The number of halogens is 1. The van der Waals surface area contributed by atoms with Gasteiger partial charge in [-0.25, -0.2) is 0 Å². The molecule has 0 bridgehead atoms. The van der Waals surface area contributed by atoms with Crippen molar-refractivity contribution in [2.24, 2.45) is 0 Å². The predicted molar refractivity (Wildman–Crippen MR) is 81.3 cm³/mol. The van der Waals surface area contributed by atoms with Crippen LogP contribution in [0, 0.1) is 0 Å². The van der Waals surface area contributed by atoms with Crippen molar-refractivity contribution in [1.82, 2.24) is 5.32 Å². The van der Waals surface area contributed by atoms with Gasteiger partial charge < -0.3 is 14.8 Å². The summed E-state index contributed by atoms with van der Waals surface area (Å²) in [5.41, 5.74) is 2.69. The van der Waals surface area contributed by atoms with Gasteiger partial charge in [0.05, 0.1) is 14.2 Å². The molecular formula is C15H22BrNO2. The quantitative estimate of drug-likeness (QED) is 0.912. The topological polar surface area (TPSA) is 30.5 Å². The Morgan fingerprint density at radius 2 is 2.05 bits per heavy atom. The minimum atomic E-state index is 0.126. The lowest BCUT2D eigenvalue weighted by molar-refractivity contribution is 0.347. The van der Waals surface area contributed by atoms with Crippen molar-refractivity contribution in [3.8, 4) is 11.5 Å². The van der Waals surface area contributed by atoms with Crippen molar-refractivity contribution in [3.05, 3.63) is 21.7 Å². The normalized spacial score (nSPS) is 20.2. The maximum Gasteiger partial charge on any atom is 0.165 e. The Bertz CT molecular complexity index is 486. The summed E-state index contributed by atoms with van der Waals surface area (Å²) in [4.78, 5) is 0. The first-order valence-electron chi connectivity index (χ1n) is 6.64. The molecule has 2 rings (SSSR count). The lowest BCUT2D eigenvalue weighted by atomic mass is 9.86. The number of benzene rings is 1. The van der Waals surface area contributed by atoms with Gasteiger partial charge >= 0.3 is 0 Å². The van der Waals surface area contributed by atoms with Crippen LogP contribution in [0.15, 0.2) is 10.5 Å². The second-order valence-electron chi connectivity index (χ2n) is 5.58. The Kier molecular flexibility index (Phi) is 4.11. The van der Waals surface area contributed by atoms with Crippen molar-refractivity contribution >= 4 is 15.9 Å². The summed E-state index contributed by atoms with van der Waals surface area (Å²) in [5, 5.41) is 3.55. The van der Waals surface area contributed by atoms with Crippen LogP contribution in [0.5, 0.6) is 11.5 Å². The highest BCUT2D eigenvalue weighted by molar-refractivity contribution is 9.10. The van der Waals surface area contributed by atoms with E-state index in [0.717, 1.165) is 28.9 Å². The molecule has 0 amide bonds. The molecular weight excluding hydrogens is 306 g/mol. The summed E-state index contributed by atoms with van der Waals surface area (Å²) < 4.78 is 12.2. The lowest BCUT2D eigenvalue weighted by Crippen LogP contribution is -2.21. The van der Waals surface area contributed by atoms with E-state index >= 15 is 0 Å². The van der Waals surface area contributed by atoms with Crippen molar-refractivity contribution in [1.29, 1.82) is 0 Å². The number of hydrogen-bond donors (Lipinski definition) is 1. The van der Waals surface area contributed by atoms with Gasteiger partial charge in [0.2, 0.25) is 0 Å². The maximum absolute atomic E-state index is 5.62. The van der Waals surface area contributed by atoms with E-state index in [1.54, 1.807) is 14.2 Å². The Morgan fingerprint density at radius 1 is 1.37 bits per heavy atom. The number of methoxy groups -OCH3 is 2. The van der Waals surface area contributed by atoms with Gasteiger partial charge in [0.15, 0.2) is 11.5 Å². The number of nitrogens with one attached hydrogen (secondary N) is 1. The highest BCUT2D eigenvalue weighted by atomic mass is 79.9. The van der Waals surface area contributed by atoms with E-state index in [0.29, 0.717) is 6.04 Å². The van der Waals surface area contributed by atoms with Crippen molar-refractivity contribution in [2.45, 2.75) is 38.6 Å². The summed E-state index contributed by atoms with van der Waals surface area (Å²) in [6.45, 7) is 7.63. The Balaban J connectivity index is 2.68. The molecule has 0 saturated carbocycles. The van der Waals surface area contributed by atoms with Gasteiger partial charge in [-0.2, -0.15) is 0 Å². The SMILES string of the molecule is CCNC1CC(C)(C)c2c(Br)cc(OC)c(OC)c21. The molecule has 0 radical (unpaired) electrons. The fourth-order valence-corrected chi connectivity index (χ4v) is 4.10. The summed E-state index contributed by atoms with van der Waals surface area (Å²) in [6.07, 6.45) is 1.07. The molecule has 106 valence electrons. The van der Waals surface area contributed by atoms with E-state index in [-0.39, 0.29) is 5.41 Å². The highest BCUT2D eigenvalue weighted by Gasteiger charge is 2.41. The van der Waals surface area contributed by atoms with E-state index in [4.69, 9.17) is 9.47 Å². The molecule has 0 aromatic heterocycles. The minimum absolute atomic E-state index is 0.126. The van der Waals surface area contributed by atoms with Crippen LogP contribution in [-0.4, -0.2) is 20.8 Å². The zero-order valence-corrected chi connectivity index (χ0v) is 13.8. The number of ether oxygens (including phenoxy) is 2. The van der Waals surface area contributed by atoms with Crippen molar-refractivity contribution < 1.29 is 9.47 Å². The fraction of sp³-hybridized carbons (Fsp3) is 0.600. The largest absolute Gasteiger partial charge is 0.493 e. The molecule has 1 aromatic carbocycles. The first-order chi connectivity index (χ1) is 8.96. The van der Waals surface area contributed by atoms with Crippen LogP contribution < -0.4 is 14.8 Å². The van der Waals surface area contributed by atoms with Gasteiger partial charge in [0, 0.05) is 16.1 Å². The van der Waals surface area contributed by atoms with Crippen LogP contribution in [0.1, 0.15) is 44.4 Å². The first kappa shape index (κ1) is 14.7. The predicted octanol–water partition coefficient (Wildman–Crippen LogP) is 3.80. The Labute approximate surface area is 123 Å². The van der Waals surface area contributed by atoms with Crippen molar-refractivity contribution in [3.63, 3.8) is 0 Å². The van der Waals surface area contributed by atoms with Crippen LogP contribution in [-0.2, 0) is 5.41 Å². The zero-order chi connectivity index (χ0) is 14.2. The summed E-state index contributed by atoms with van der Waals surface area (Å²) in [7, 11) is 3.39. The Morgan fingerprint density at radius 3 is 2.58 bits per heavy atom. The Hall–Kier alpha value is -0.740. The van der Waals surface area contributed by atoms with Gasteiger partial charge in [0.1, 0.15) is 0 Å². The lowest BCUT2D eigenvalue weighted by Gasteiger charge is -2.21. The van der Waals surface area contributed by atoms with Crippen LogP contribution in [0.2, 0.25) is 0 Å². The molecule has 0 aliphatic heterocycles. The molecule has 1 atom stereocenters. The first-order valence-corrected chi connectivity index (χ1v) is 7.43. The van der Waals surface area contributed by atoms with Crippen LogP contribution in [0.3, 0.4) is 0 Å². The van der Waals surface area contributed by atoms with Gasteiger partial charge in [0.25, 0.3) is 0 Å². The highest BCUT2D eigenvalue weighted by Crippen LogP contribution is 2.54. The minimum Gasteiger partial charge on any atom is -0.493 e. The molecule has 1 N–H and O–H groups in total. The van der Waals surface area contributed by atoms with E-state index in [1.807, 2.05) is 6.07 Å². The molecule has 1 aliphatic rings. The zero-order valence-electron chi connectivity index (χ0n) is 12.3. The molecule has 1 aliphatic carbocycles. The summed E-state index contributed by atoms with van der Waals surface area (Å²) >= 11 is 3.69. The molecule has 19 heavy (non-hydrogen) atoms. The average Bonchev–Trinajstić information content (AvgIpc) is 2.62.